The molecule has 0 heterocycles. The summed E-state index contributed by atoms with van der Waals surface area (Å²) in [5.74, 6) is 3.08. The van der Waals surface area contributed by atoms with Gasteiger partial charge in [-0.1, -0.05) is 27.7 Å². The first-order valence-corrected chi connectivity index (χ1v) is 8.05. The van der Waals surface area contributed by atoms with Gasteiger partial charge in [-0.05, 0) is 49.8 Å². The molecule has 1 N–H and O–H groups in total. The van der Waals surface area contributed by atoms with Crippen LogP contribution < -0.4 is 5.32 Å². The second-order valence-corrected chi connectivity index (χ2v) is 6.94. The van der Waals surface area contributed by atoms with Crippen LogP contribution in [0.15, 0.2) is 0 Å². The highest BCUT2D eigenvalue weighted by Gasteiger charge is 2.32. The van der Waals surface area contributed by atoms with Crippen LogP contribution in [-0.4, -0.2) is 23.6 Å². The largest absolute Gasteiger partial charge is 0.314 e. The van der Waals surface area contributed by atoms with Gasteiger partial charge in [0.1, 0.15) is 0 Å². The fourth-order valence-electron chi connectivity index (χ4n) is 2.44. The van der Waals surface area contributed by atoms with Crippen LogP contribution in [0.2, 0.25) is 0 Å². The van der Waals surface area contributed by atoms with E-state index in [0.717, 1.165) is 23.1 Å². The van der Waals surface area contributed by atoms with E-state index in [9.17, 15) is 0 Å². The summed E-state index contributed by atoms with van der Waals surface area (Å²) in [5, 5.41) is 4.61. The maximum atomic E-state index is 3.70. The zero-order valence-corrected chi connectivity index (χ0v) is 12.3. The van der Waals surface area contributed by atoms with E-state index in [0.29, 0.717) is 0 Å². The summed E-state index contributed by atoms with van der Waals surface area (Å²) in [6, 6.07) is 0.788. The SMILES string of the molecule is CCCNC1CCC(SCCC(C)C)C1C. The molecule has 0 aliphatic heterocycles. The lowest BCUT2D eigenvalue weighted by Crippen LogP contribution is -2.33. The summed E-state index contributed by atoms with van der Waals surface area (Å²) in [6.45, 7) is 10.5. The van der Waals surface area contributed by atoms with Crippen LogP contribution in [0, 0.1) is 11.8 Å². The molecule has 1 saturated carbocycles. The molecule has 0 amide bonds. The van der Waals surface area contributed by atoms with Gasteiger partial charge in [-0.2, -0.15) is 11.8 Å². The smallest absolute Gasteiger partial charge is 0.0104 e. The molecule has 0 bridgehead atoms. The van der Waals surface area contributed by atoms with Gasteiger partial charge in [0.15, 0.2) is 0 Å². The Morgan fingerprint density at radius 1 is 1.31 bits per heavy atom. The van der Waals surface area contributed by atoms with Crippen molar-refractivity contribution in [1.29, 1.82) is 0 Å². The topological polar surface area (TPSA) is 12.0 Å². The molecule has 0 radical (unpaired) electrons. The second-order valence-electron chi connectivity index (χ2n) is 5.59. The minimum absolute atomic E-state index is 0.788. The number of hydrogen-bond donors (Lipinski definition) is 1. The molecule has 0 aromatic heterocycles. The fourth-order valence-corrected chi connectivity index (χ4v) is 4.14. The first-order valence-electron chi connectivity index (χ1n) is 7.00. The van der Waals surface area contributed by atoms with E-state index in [1.54, 1.807) is 0 Å². The summed E-state index contributed by atoms with van der Waals surface area (Å²) in [7, 11) is 0. The Morgan fingerprint density at radius 2 is 2.06 bits per heavy atom. The van der Waals surface area contributed by atoms with E-state index in [4.69, 9.17) is 0 Å². The highest BCUT2D eigenvalue weighted by atomic mass is 32.2. The van der Waals surface area contributed by atoms with Crippen LogP contribution in [0.25, 0.3) is 0 Å². The molecule has 16 heavy (non-hydrogen) atoms. The molecule has 3 atom stereocenters. The Bertz CT molecular complexity index is 182. The second kappa shape index (κ2) is 7.60. The third kappa shape index (κ3) is 4.67. The molecular formula is C14H29NS. The van der Waals surface area contributed by atoms with Crippen LogP contribution >= 0.6 is 11.8 Å². The minimum atomic E-state index is 0.788. The lowest BCUT2D eigenvalue weighted by atomic mass is 10.1. The summed E-state index contributed by atoms with van der Waals surface area (Å²) < 4.78 is 0. The van der Waals surface area contributed by atoms with E-state index in [2.05, 4.69) is 44.8 Å². The van der Waals surface area contributed by atoms with Gasteiger partial charge in [-0.3, -0.25) is 0 Å². The van der Waals surface area contributed by atoms with Crippen molar-refractivity contribution in [2.24, 2.45) is 11.8 Å². The molecule has 1 nitrogen and oxygen atoms in total. The van der Waals surface area contributed by atoms with E-state index in [-0.39, 0.29) is 0 Å². The molecule has 0 spiro atoms. The third-order valence-electron chi connectivity index (χ3n) is 3.67. The van der Waals surface area contributed by atoms with Crippen LogP contribution in [0.4, 0.5) is 0 Å². The molecule has 0 saturated heterocycles. The molecule has 2 heteroatoms. The predicted molar refractivity (Wildman–Crippen MR) is 76.2 cm³/mol. The standard InChI is InChI=1S/C14H29NS/c1-5-9-15-13-6-7-14(12(13)4)16-10-8-11(2)3/h11-15H,5-10H2,1-4H3. The Hall–Kier alpha value is 0.310. The maximum Gasteiger partial charge on any atom is 0.0104 e. The molecule has 0 aromatic rings. The number of thioether (sulfide) groups is 1. The van der Waals surface area contributed by atoms with Gasteiger partial charge >= 0.3 is 0 Å². The number of nitrogens with one attached hydrogen (secondary N) is 1. The van der Waals surface area contributed by atoms with Crippen molar-refractivity contribution in [2.75, 3.05) is 12.3 Å². The first-order chi connectivity index (χ1) is 7.65. The quantitative estimate of drug-likeness (QED) is 0.727. The van der Waals surface area contributed by atoms with Gasteiger partial charge in [-0.25, -0.2) is 0 Å². The molecule has 3 unspecified atom stereocenters. The van der Waals surface area contributed by atoms with Crippen molar-refractivity contribution in [2.45, 2.75) is 64.7 Å². The monoisotopic (exact) mass is 243 g/mol. The third-order valence-corrected chi connectivity index (χ3v) is 5.23. The lowest BCUT2D eigenvalue weighted by Gasteiger charge is -2.21. The van der Waals surface area contributed by atoms with Crippen LogP contribution in [-0.2, 0) is 0 Å². The zero-order valence-electron chi connectivity index (χ0n) is 11.5. The molecule has 1 rings (SSSR count). The van der Waals surface area contributed by atoms with E-state index in [1.807, 2.05) is 0 Å². The van der Waals surface area contributed by atoms with Gasteiger partial charge in [-0.15, -0.1) is 0 Å². The predicted octanol–water partition coefficient (Wildman–Crippen LogP) is 3.93. The summed E-state index contributed by atoms with van der Waals surface area (Å²) in [5.41, 5.74) is 0. The summed E-state index contributed by atoms with van der Waals surface area (Å²) in [4.78, 5) is 0. The lowest BCUT2D eigenvalue weighted by molar-refractivity contribution is 0.431. The number of rotatable bonds is 7. The van der Waals surface area contributed by atoms with Crippen LogP contribution in [0.5, 0.6) is 0 Å². The van der Waals surface area contributed by atoms with Gasteiger partial charge < -0.3 is 5.32 Å². The van der Waals surface area contributed by atoms with Crippen molar-refractivity contribution in [3.8, 4) is 0 Å². The first kappa shape index (κ1) is 14.4. The molecule has 1 fully saturated rings. The molecule has 1 aliphatic carbocycles. The van der Waals surface area contributed by atoms with Crippen molar-refractivity contribution in [3.05, 3.63) is 0 Å². The summed E-state index contributed by atoms with van der Waals surface area (Å²) in [6.07, 6.45) is 5.45. The molecule has 96 valence electrons. The number of hydrogen-bond acceptors (Lipinski definition) is 2. The van der Waals surface area contributed by atoms with Crippen molar-refractivity contribution in [3.63, 3.8) is 0 Å². The Kier molecular flexibility index (Phi) is 6.83. The Labute approximate surface area is 106 Å². The van der Waals surface area contributed by atoms with E-state index < -0.39 is 0 Å². The fraction of sp³-hybridized carbons (Fsp3) is 1.00. The Morgan fingerprint density at radius 3 is 2.69 bits per heavy atom. The van der Waals surface area contributed by atoms with Crippen molar-refractivity contribution in [1.82, 2.24) is 5.32 Å². The van der Waals surface area contributed by atoms with Crippen molar-refractivity contribution < 1.29 is 0 Å². The average molecular weight is 243 g/mol. The highest BCUT2D eigenvalue weighted by molar-refractivity contribution is 7.99. The average Bonchev–Trinajstić information content (AvgIpc) is 2.57. The van der Waals surface area contributed by atoms with Crippen LogP contribution in [0.3, 0.4) is 0 Å². The molecule has 0 aromatic carbocycles. The van der Waals surface area contributed by atoms with E-state index in [1.165, 1.54) is 38.0 Å². The van der Waals surface area contributed by atoms with Gasteiger partial charge in [0.2, 0.25) is 0 Å². The minimum Gasteiger partial charge on any atom is -0.314 e. The molecule has 1 aliphatic rings. The van der Waals surface area contributed by atoms with Gasteiger partial charge in [0.05, 0.1) is 0 Å². The Balaban J connectivity index is 2.19. The molecular weight excluding hydrogens is 214 g/mol. The normalized spacial score (nSPS) is 30.2. The summed E-state index contributed by atoms with van der Waals surface area (Å²) >= 11 is 2.22. The van der Waals surface area contributed by atoms with Crippen molar-refractivity contribution >= 4 is 11.8 Å². The zero-order chi connectivity index (χ0) is 12.0. The van der Waals surface area contributed by atoms with E-state index >= 15 is 0 Å². The maximum absolute atomic E-state index is 3.70. The van der Waals surface area contributed by atoms with Gasteiger partial charge in [0, 0.05) is 11.3 Å². The van der Waals surface area contributed by atoms with Crippen LogP contribution in [0.1, 0.15) is 53.4 Å². The highest BCUT2D eigenvalue weighted by Crippen LogP contribution is 2.35. The van der Waals surface area contributed by atoms with Gasteiger partial charge in [0.25, 0.3) is 0 Å².